The minimum absolute atomic E-state index is 0.0362. The lowest BCUT2D eigenvalue weighted by molar-refractivity contribution is -0.172. The Bertz CT molecular complexity index is 809. The molecule has 0 fully saturated rings. The van der Waals surface area contributed by atoms with E-state index in [1.807, 2.05) is 0 Å². The zero-order valence-corrected chi connectivity index (χ0v) is 16.2. The van der Waals surface area contributed by atoms with Crippen LogP contribution in [-0.4, -0.2) is 64.8 Å². The molecule has 0 aliphatic heterocycles. The van der Waals surface area contributed by atoms with Crippen LogP contribution in [0.25, 0.3) is 0 Å². The maximum Gasteiger partial charge on any atom is 0.411 e. The van der Waals surface area contributed by atoms with Gasteiger partial charge in [0.15, 0.2) is 11.5 Å². The number of ether oxygens (including phenoxy) is 2. The highest BCUT2D eigenvalue weighted by Gasteiger charge is 2.27. The zero-order chi connectivity index (χ0) is 21.3. The molecule has 0 radical (unpaired) electrons. The Balaban J connectivity index is 2.23. The Hall–Kier alpha value is -2.57. The van der Waals surface area contributed by atoms with Crippen molar-refractivity contribution in [2.75, 3.05) is 43.6 Å². The molecule has 29 heavy (non-hydrogen) atoms. The van der Waals surface area contributed by atoms with E-state index in [0.29, 0.717) is 18.1 Å². The summed E-state index contributed by atoms with van der Waals surface area (Å²) in [6, 6.07) is 1.60. The normalized spacial score (nSPS) is 11.3. The SMILES string of the molecule is CCOCC(=[NH2+])c1nc(Cl)nc(Nc2ccncn2)c1NCCOCC(F)(F)F. The van der Waals surface area contributed by atoms with Crippen molar-refractivity contribution >= 4 is 34.6 Å². The molecule has 158 valence electrons. The lowest BCUT2D eigenvalue weighted by Crippen LogP contribution is -2.44. The molecule has 2 rings (SSSR count). The van der Waals surface area contributed by atoms with Crippen molar-refractivity contribution in [3.8, 4) is 0 Å². The molecule has 0 aliphatic rings. The lowest BCUT2D eigenvalue weighted by atomic mass is 10.2. The van der Waals surface area contributed by atoms with E-state index in [1.54, 1.807) is 13.0 Å². The average molecular weight is 435 g/mol. The first-order chi connectivity index (χ1) is 13.8. The molecule has 0 saturated carbocycles. The number of halogens is 4. The number of hydrogen-bond acceptors (Lipinski definition) is 8. The molecule has 0 saturated heterocycles. The van der Waals surface area contributed by atoms with E-state index in [0.717, 1.165) is 0 Å². The predicted octanol–water partition coefficient (Wildman–Crippen LogP) is 1.24. The highest BCUT2D eigenvalue weighted by atomic mass is 35.5. The van der Waals surface area contributed by atoms with Crippen LogP contribution in [0.3, 0.4) is 0 Å². The monoisotopic (exact) mass is 434 g/mol. The molecule has 2 heterocycles. The second kappa shape index (κ2) is 10.8. The quantitative estimate of drug-likeness (QED) is 0.274. The maximum atomic E-state index is 12.2. The van der Waals surface area contributed by atoms with E-state index < -0.39 is 12.8 Å². The number of nitrogens with zero attached hydrogens (tertiary/aromatic N) is 4. The number of alkyl halides is 3. The molecular weight excluding hydrogens is 415 g/mol. The summed E-state index contributed by atoms with van der Waals surface area (Å²) in [6.07, 6.45) is -1.55. The number of aromatic nitrogens is 4. The molecule has 0 unspecified atom stereocenters. The van der Waals surface area contributed by atoms with Crippen LogP contribution in [0, 0.1) is 0 Å². The molecule has 0 amide bonds. The number of nitrogens with two attached hydrogens (primary N) is 1. The van der Waals surface area contributed by atoms with Crippen LogP contribution in [0.1, 0.15) is 12.6 Å². The van der Waals surface area contributed by atoms with Gasteiger partial charge in [0.25, 0.3) is 0 Å². The Kier molecular flexibility index (Phi) is 8.49. The number of nitrogens with one attached hydrogen (secondary N) is 2. The summed E-state index contributed by atoms with van der Waals surface area (Å²) >= 11 is 6.02. The fourth-order valence-electron chi connectivity index (χ4n) is 2.13. The van der Waals surface area contributed by atoms with E-state index in [4.69, 9.17) is 21.7 Å². The van der Waals surface area contributed by atoms with Gasteiger partial charge in [-0.2, -0.15) is 18.2 Å². The Morgan fingerprint density at radius 3 is 2.72 bits per heavy atom. The molecule has 13 heteroatoms. The third kappa shape index (κ3) is 7.75. The van der Waals surface area contributed by atoms with Crippen LogP contribution in [0.5, 0.6) is 0 Å². The van der Waals surface area contributed by atoms with E-state index in [1.165, 1.54) is 12.5 Å². The first-order valence-electron chi connectivity index (χ1n) is 8.48. The van der Waals surface area contributed by atoms with Crippen molar-refractivity contribution in [1.82, 2.24) is 19.9 Å². The summed E-state index contributed by atoms with van der Waals surface area (Å²) in [6.45, 7) is 0.798. The second-order valence-corrected chi connectivity index (χ2v) is 5.88. The third-order valence-corrected chi connectivity index (χ3v) is 3.46. The van der Waals surface area contributed by atoms with Crippen molar-refractivity contribution < 1.29 is 28.1 Å². The van der Waals surface area contributed by atoms with Crippen molar-refractivity contribution in [3.05, 3.63) is 29.6 Å². The van der Waals surface area contributed by atoms with Gasteiger partial charge in [0, 0.05) is 19.3 Å². The van der Waals surface area contributed by atoms with Crippen molar-refractivity contribution in [2.24, 2.45) is 0 Å². The summed E-state index contributed by atoms with van der Waals surface area (Å²) in [5.74, 6) is 0.648. The van der Waals surface area contributed by atoms with Gasteiger partial charge in [-0.15, -0.1) is 0 Å². The Morgan fingerprint density at radius 1 is 1.28 bits per heavy atom. The summed E-state index contributed by atoms with van der Waals surface area (Å²) in [5.41, 5.74) is 0.840. The molecule has 0 aliphatic carbocycles. The first kappa shape index (κ1) is 22.7. The first-order valence-corrected chi connectivity index (χ1v) is 8.86. The van der Waals surface area contributed by atoms with Gasteiger partial charge in [-0.05, 0) is 24.6 Å². The molecule has 0 atom stereocenters. The van der Waals surface area contributed by atoms with Crippen LogP contribution in [0.4, 0.5) is 30.5 Å². The molecule has 9 nitrogen and oxygen atoms in total. The maximum absolute atomic E-state index is 12.2. The highest BCUT2D eigenvalue weighted by molar-refractivity contribution is 6.28. The van der Waals surface area contributed by atoms with Gasteiger partial charge in [0.2, 0.25) is 11.0 Å². The van der Waals surface area contributed by atoms with Crippen molar-refractivity contribution in [3.63, 3.8) is 0 Å². The van der Waals surface area contributed by atoms with Crippen LogP contribution in [0.15, 0.2) is 18.6 Å². The van der Waals surface area contributed by atoms with E-state index in [2.05, 4.69) is 35.3 Å². The van der Waals surface area contributed by atoms with Gasteiger partial charge in [-0.25, -0.2) is 15.0 Å². The molecule has 2 aromatic rings. The van der Waals surface area contributed by atoms with Crippen LogP contribution < -0.4 is 16.0 Å². The number of rotatable bonds is 11. The topological polar surface area (TPSA) is 120 Å². The molecule has 0 aromatic carbocycles. The third-order valence-electron chi connectivity index (χ3n) is 3.29. The molecule has 0 bridgehead atoms. The van der Waals surface area contributed by atoms with Gasteiger partial charge >= 0.3 is 6.18 Å². The summed E-state index contributed by atoms with van der Waals surface area (Å²) in [7, 11) is 0. The minimum Gasteiger partial charge on any atom is -0.378 e. The van der Waals surface area contributed by atoms with Crippen molar-refractivity contribution in [2.45, 2.75) is 13.1 Å². The lowest BCUT2D eigenvalue weighted by Gasteiger charge is -2.16. The summed E-state index contributed by atoms with van der Waals surface area (Å²) in [5, 5.41) is 11.9. The van der Waals surface area contributed by atoms with E-state index in [-0.39, 0.29) is 42.3 Å². The van der Waals surface area contributed by atoms with Crippen LogP contribution in [0.2, 0.25) is 5.28 Å². The summed E-state index contributed by atoms with van der Waals surface area (Å²) < 4.78 is 46.5. The minimum atomic E-state index is -4.40. The largest absolute Gasteiger partial charge is 0.411 e. The smallest absolute Gasteiger partial charge is 0.378 e. The van der Waals surface area contributed by atoms with Crippen LogP contribution >= 0.6 is 11.6 Å². The fourth-order valence-corrected chi connectivity index (χ4v) is 2.30. The zero-order valence-electron chi connectivity index (χ0n) is 15.5. The Labute approximate surface area is 169 Å². The van der Waals surface area contributed by atoms with Gasteiger partial charge in [-0.3, -0.25) is 5.41 Å². The van der Waals surface area contributed by atoms with Crippen LogP contribution in [-0.2, 0) is 9.47 Å². The van der Waals surface area contributed by atoms with Gasteiger partial charge in [-0.1, -0.05) is 0 Å². The summed E-state index contributed by atoms with van der Waals surface area (Å²) in [4.78, 5) is 16.1. The van der Waals surface area contributed by atoms with Crippen molar-refractivity contribution in [1.29, 1.82) is 0 Å². The van der Waals surface area contributed by atoms with E-state index in [9.17, 15) is 13.2 Å². The van der Waals surface area contributed by atoms with Gasteiger partial charge < -0.3 is 20.1 Å². The fraction of sp³-hybridized carbons (Fsp3) is 0.438. The predicted molar refractivity (Wildman–Crippen MR) is 100 cm³/mol. The van der Waals surface area contributed by atoms with Gasteiger partial charge in [0.05, 0.1) is 6.61 Å². The molecular formula is C16H20ClF3N7O2+. The van der Waals surface area contributed by atoms with Gasteiger partial charge in [0.1, 0.15) is 31.0 Å². The standard InChI is InChI=1S/C16H19ClF3N7O2/c1-2-28-7-10(21)12-13(23-5-6-29-8-16(18,19)20)14(27-15(17)26-12)25-11-3-4-22-9-24-11/h3-4,9,21,23H,2,5-8H2,1H3,(H,22,24,25,26,27)/p+1. The Morgan fingerprint density at radius 2 is 2.07 bits per heavy atom. The second-order valence-electron chi connectivity index (χ2n) is 5.54. The molecule has 2 aromatic heterocycles. The highest BCUT2D eigenvalue weighted by Crippen LogP contribution is 2.27. The average Bonchev–Trinajstić information content (AvgIpc) is 2.66. The number of anilines is 3. The number of hydrogen-bond donors (Lipinski definition) is 3. The molecule has 0 spiro atoms. The van der Waals surface area contributed by atoms with E-state index >= 15 is 0 Å². The molecule has 4 N–H and O–H groups in total.